The van der Waals surface area contributed by atoms with Crippen LogP contribution in [0.3, 0.4) is 0 Å². The van der Waals surface area contributed by atoms with Crippen LogP contribution in [0.15, 0.2) is 53.0 Å². The van der Waals surface area contributed by atoms with E-state index in [0.717, 1.165) is 22.2 Å². The van der Waals surface area contributed by atoms with Gasteiger partial charge in [-0.05, 0) is 41.7 Å². The van der Waals surface area contributed by atoms with Gasteiger partial charge in [0, 0.05) is 11.0 Å². The van der Waals surface area contributed by atoms with Crippen LogP contribution in [0.25, 0.3) is 0 Å². The number of hydrogen-bond acceptors (Lipinski definition) is 2. The lowest BCUT2D eigenvalue weighted by molar-refractivity contribution is 0.211. The average molecular weight is 348 g/mol. The molecule has 2 N–H and O–H groups in total. The van der Waals surface area contributed by atoms with Crippen molar-refractivity contribution in [1.29, 1.82) is 0 Å². The van der Waals surface area contributed by atoms with Crippen molar-refractivity contribution < 1.29 is 4.74 Å². The van der Waals surface area contributed by atoms with Crippen molar-refractivity contribution in [3.05, 3.63) is 64.1 Å². The van der Waals surface area contributed by atoms with Crippen LogP contribution < -0.4 is 10.5 Å². The van der Waals surface area contributed by atoms with Gasteiger partial charge < -0.3 is 10.5 Å². The number of benzene rings is 2. The molecule has 0 radical (unpaired) electrons. The van der Waals surface area contributed by atoms with Crippen molar-refractivity contribution >= 4 is 15.9 Å². The molecular weight excluding hydrogens is 326 g/mol. The predicted octanol–water partition coefficient (Wildman–Crippen LogP) is 5.04. The molecule has 0 bridgehead atoms. The highest BCUT2D eigenvalue weighted by molar-refractivity contribution is 9.10. The summed E-state index contributed by atoms with van der Waals surface area (Å²) in [6.07, 6.45) is 0.967. The van der Waals surface area contributed by atoms with E-state index in [0.29, 0.717) is 12.5 Å². The molecule has 2 atom stereocenters. The van der Waals surface area contributed by atoms with E-state index >= 15 is 0 Å². The summed E-state index contributed by atoms with van der Waals surface area (Å²) >= 11 is 3.45. The van der Waals surface area contributed by atoms with Gasteiger partial charge in [0.15, 0.2) is 0 Å². The van der Waals surface area contributed by atoms with Gasteiger partial charge in [0.25, 0.3) is 0 Å². The second-order valence-electron chi connectivity index (χ2n) is 5.24. The normalized spacial score (nSPS) is 13.7. The Bertz CT molecular complexity index is 568. The molecule has 0 spiro atoms. The van der Waals surface area contributed by atoms with Gasteiger partial charge in [-0.15, -0.1) is 0 Å². The van der Waals surface area contributed by atoms with E-state index < -0.39 is 0 Å². The summed E-state index contributed by atoms with van der Waals surface area (Å²) in [5.74, 6) is 1.41. The van der Waals surface area contributed by atoms with Crippen LogP contribution in [-0.2, 0) is 0 Å². The van der Waals surface area contributed by atoms with Crippen LogP contribution in [0.1, 0.15) is 43.4 Å². The quantitative estimate of drug-likeness (QED) is 0.794. The molecular formula is C18H22BrNO. The third-order valence-electron chi connectivity index (χ3n) is 3.79. The first-order chi connectivity index (χ1) is 10.2. The maximum atomic E-state index is 6.20. The molecule has 2 aromatic rings. The summed E-state index contributed by atoms with van der Waals surface area (Å²) in [5.41, 5.74) is 8.26. The van der Waals surface area contributed by atoms with Crippen LogP contribution >= 0.6 is 15.9 Å². The van der Waals surface area contributed by atoms with Crippen molar-refractivity contribution in [3.63, 3.8) is 0 Å². The highest BCUT2D eigenvalue weighted by Gasteiger charge is 2.15. The van der Waals surface area contributed by atoms with Gasteiger partial charge >= 0.3 is 0 Å². The molecule has 0 heterocycles. The van der Waals surface area contributed by atoms with Crippen LogP contribution in [0, 0.1) is 0 Å². The molecule has 0 saturated carbocycles. The largest absolute Gasteiger partial charge is 0.484 e. The van der Waals surface area contributed by atoms with E-state index in [4.69, 9.17) is 10.5 Å². The van der Waals surface area contributed by atoms with E-state index in [9.17, 15) is 0 Å². The van der Waals surface area contributed by atoms with Gasteiger partial charge in [-0.25, -0.2) is 0 Å². The highest BCUT2D eigenvalue weighted by Crippen LogP contribution is 2.31. The Morgan fingerprint density at radius 2 is 1.76 bits per heavy atom. The summed E-state index contributed by atoms with van der Waals surface area (Å²) in [7, 11) is 0. The van der Waals surface area contributed by atoms with E-state index in [1.165, 1.54) is 5.56 Å². The molecule has 0 fully saturated rings. The minimum atomic E-state index is -0.122. The second-order valence-corrected chi connectivity index (χ2v) is 6.16. The van der Waals surface area contributed by atoms with E-state index in [-0.39, 0.29) is 6.10 Å². The van der Waals surface area contributed by atoms with Crippen LogP contribution in [0.5, 0.6) is 5.75 Å². The Morgan fingerprint density at radius 1 is 1.10 bits per heavy atom. The Labute approximate surface area is 135 Å². The Kier molecular flexibility index (Phi) is 5.83. The third kappa shape index (κ3) is 4.08. The molecule has 2 aromatic carbocycles. The van der Waals surface area contributed by atoms with Crippen LogP contribution in [0.2, 0.25) is 0 Å². The highest BCUT2D eigenvalue weighted by atomic mass is 79.9. The molecule has 2 rings (SSSR count). The standard InChI is InChI=1S/C18H22BrNO/c1-3-13(2)16-6-4-5-7-17(16)21-18(12-20)14-8-10-15(19)11-9-14/h4-11,13,18H,3,12,20H2,1-2H3. The minimum Gasteiger partial charge on any atom is -0.484 e. The smallest absolute Gasteiger partial charge is 0.136 e. The number of rotatable bonds is 6. The molecule has 0 amide bonds. The van der Waals surface area contributed by atoms with Crippen molar-refractivity contribution in [2.75, 3.05) is 6.54 Å². The molecule has 0 saturated heterocycles. The van der Waals surface area contributed by atoms with Crippen molar-refractivity contribution in [1.82, 2.24) is 0 Å². The van der Waals surface area contributed by atoms with Gasteiger partial charge in [-0.3, -0.25) is 0 Å². The van der Waals surface area contributed by atoms with Crippen molar-refractivity contribution in [2.45, 2.75) is 32.3 Å². The van der Waals surface area contributed by atoms with E-state index in [2.05, 4.69) is 41.9 Å². The summed E-state index contributed by atoms with van der Waals surface area (Å²) in [5, 5.41) is 0. The molecule has 2 unspecified atom stereocenters. The lowest BCUT2D eigenvalue weighted by Crippen LogP contribution is -2.19. The summed E-state index contributed by atoms with van der Waals surface area (Å²) in [6.45, 7) is 4.87. The zero-order chi connectivity index (χ0) is 15.2. The number of halogens is 1. The maximum Gasteiger partial charge on any atom is 0.136 e. The van der Waals surface area contributed by atoms with E-state index in [1.54, 1.807) is 0 Å². The Balaban J connectivity index is 2.24. The molecule has 0 aliphatic carbocycles. The lowest BCUT2D eigenvalue weighted by atomic mass is 9.97. The first kappa shape index (κ1) is 16.1. The summed E-state index contributed by atoms with van der Waals surface area (Å²) in [4.78, 5) is 0. The molecule has 0 aliphatic rings. The van der Waals surface area contributed by atoms with Gasteiger partial charge in [0.05, 0.1) is 0 Å². The van der Waals surface area contributed by atoms with Crippen molar-refractivity contribution in [2.24, 2.45) is 5.73 Å². The zero-order valence-corrected chi connectivity index (χ0v) is 14.1. The van der Waals surface area contributed by atoms with Crippen molar-refractivity contribution in [3.8, 4) is 5.75 Å². The number of hydrogen-bond donors (Lipinski definition) is 1. The second kappa shape index (κ2) is 7.62. The molecule has 0 aromatic heterocycles. The molecule has 2 nitrogen and oxygen atoms in total. The van der Waals surface area contributed by atoms with Gasteiger partial charge in [-0.2, -0.15) is 0 Å². The minimum absolute atomic E-state index is 0.122. The van der Waals surface area contributed by atoms with Gasteiger partial charge in [0.1, 0.15) is 11.9 Å². The molecule has 0 aliphatic heterocycles. The summed E-state index contributed by atoms with van der Waals surface area (Å²) < 4.78 is 7.26. The average Bonchev–Trinajstić information content (AvgIpc) is 2.53. The first-order valence-corrected chi connectivity index (χ1v) is 8.16. The van der Waals surface area contributed by atoms with Crippen LogP contribution in [0.4, 0.5) is 0 Å². The van der Waals surface area contributed by atoms with Gasteiger partial charge in [-0.1, -0.05) is 60.1 Å². The van der Waals surface area contributed by atoms with Gasteiger partial charge in [0.2, 0.25) is 0 Å². The Hall–Kier alpha value is -1.32. The fraction of sp³-hybridized carbons (Fsp3) is 0.333. The monoisotopic (exact) mass is 347 g/mol. The molecule has 112 valence electrons. The van der Waals surface area contributed by atoms with Crippen LogP contribution in [-0.4, -0.2) is 6.54 Å². The van der Waals surface area contributed by atoms with E-state index in [1.807, 2.05) is 36.4 Å². The first-order valence-electron chi connectivity index (χ1n) is 7.36. The number of ether oxygens (including phenoxy) is 1. The Morgan fingerprint density at radius 3 is 2.38 bits per heavy atom. The third-order valence-corrected chi connectivity index (χ3v) is 4.32. The summed E-state index contributed by atoms with van der Waals surface area (Å²) in [6, 6.07) is 16.4. The SMILES string of the molecule is CCC(C)c1ccccc1OC(CN)c1ccc(Br)cc1. The fourth-order valence-corrected chi connectivity index (χ4v) is 2.56. The number of nitrogens with two attached hydrogens (primary N) is 1. The fourth-order valence-electron chi connectivity index (χ4n) is 2.30. The molecule has 3 heteroatoms. The zero-order valence-electron chi connectivity index (χ0n) is 12.6. The topological polar surface area (TPSA) is 35.2 Å². The number of para-hydroxylation sites is 1. The molecule has 21 heavy (non-hydrogen) atoms. The predicted molar refractivity (Wildman–Crippen MR) is 91.7 cm³/mol. The lowest BCUT2D eigenvalue weighted by Gasteiger charge is -2.22. The maximum absolute atomic E-state index is 6.20.